The number of likely N-dealkylation sites (N-methyl/N-ethyl adjacent to an activating group) is 1. The van der Waals surface area contributed by atoms with E-state index in [0.29, 0.717) is 11.7 Å². The monoisotopic (exact) mass is 268 g/mol. The highest BCUT2D eigenvalue weighted by molar-refractivity contribution is 7.15. The summed E-state index contributed by atoms with van der Waals surface area (Å²) in [4.78, 5) is 21.7. The Kier molecular flexibility index (Phi) is 4.68. The average molecular weight is 268 g/mol. The molecule has 0 unspecified atom stereocenters. The van der Waals surface area contributed by atoms with Crippen molar-refractivity contribution in [3.05, 3.63) is 11.1 Å². The van der Waals surface area contributed by atoms with Gasteiger partial charge in [0.15, 0.2) is 5.13 Å². The number of carbonyl (C=O) groups excluding carboxylic acids is 1. The number of thiazole rings is 1. The summed E-state index contributed by atoms with van der Waals surface area (Å²) in [6.45, 7) is 9.77. The number of nitrogens with one attached hydrogen (secondary N) is 1. The van der Waals surface area contributed by atoms with Gasteiger partial charge in [-0.25, -0.2) is 4.98 Å². The first kappa shape index (κ1) is 13.5. The molecule has 100 valence electrons. The predicted octanol–water partition coefficient (Wildman–Crippen LogP) is 1.03. The van der Waals surface area contributed by atoms with E-state index in [9.17, 15) is 4.79 Å². The molecule has 2 rings (SSSR count). The van der Waals surface area contributed by atoms with Crippen LogP contribution in [0.25, 0.3) is 0 Å². The number of aromatic nitrogens is 1. The van der Waals surface area contributed by atoms with Crippen LogP contribution in [0.1, 0.15) is 11.8 Å². The summed E-state index contributed by atoms with van der Waals surface area (Å²) in [6, 6.07) is 0. The molecule has 0 bridgehead atoms. The zero-order valence-electron chi connectivity index (χ0n) is 11.0. The molecule has 0 aromatic carbocycles. The normalized spacial score (nSPS) is 17.9. The second-order valence-corrected chi connectivity index (χ2v) is 5.77. The molecule has 1 N–H and O–H groups in total. The number of hydrogen-bond acceptors (Lipinski definition) is 5. The number of aryl methyl sites for hydroxylation is 1. The van der Waals surface area contributed by atoms with Crippen molar-refractivity contribution in [3.63, 3.8) is 0 Å². The largest absolute Gasteiger partial charge is 0.301 e. The van der Waals surface area contributed by atoms with Crippen LogP contribution >= 0.6 is 11.3 Å². The maximum Gasteiger partial charge on any atom is 0.240 e. The molecule has 6 heteroatoms. The van der Waals surface area contributed by atoms with Gasteiger partial charge in [-0.05, 0) is 13.5 Å². The van der Waals surface area contributed by atoms with Crippen LogP contribution in [0.4, 0.5) is 5.13 Å². The predicted molar refractivity (Wildman–Crippen MR) is 74.0 cm³/mol. The first-order valence-electron chi connectivity index (χ1n) is 6.34. The quantitative estimate of drug-likeness (QED) is 0.886. The van der Waals surface area contributed by atoms with E-state index < -0.39 is 0 Å². The lowest BCUT2D eigenvalue weighted by Gasteiger charge is -2.33. The van der Waals surface area contributed by atoms with Crippen molar-refractivity contribution in [3.8, 4) is 0 Å². The number of anilines is 1. The highest BCUT2D eigenvalue weighted by Gasteiger charge is 2.18. The highest BCUT2D eigenvalue weighted by atomic mass is 32.1. The number of carbonyl (C=O) groups is 1. The van der Waals surface area contributed by atoms with Crippen molar-refractivity contribution < 1.29 is 4.79 Å². The van der Waals surface area contributed by atoms with Gasteiger partial charge in [0, 0.05) is 37.3 Å². The topological polar surface area (TPSA) is 48.5 Å². The molecule has 5 nitrogen and oxygen atoms in total. The third kappa shape index (κ3) is 3.76. The molecule has 1 aliphatic heterocycles. The van der Waals surface area contributed by atoms with Crippen molar-refractivity contribution in [2.45, 2.75) is 13.8 Å². The lowest BCUT2D eigenvalue weighted by atomic mass is 10.3. The van der Waals surface area contributed by atoms with E-state index in [0.717, 1.165) is 37.6 Å². The Morgan fingerprint density at radius 1 is 1.39 bits per heavy atom. The molecule has 1 aliphatic rings. The molecule has 18 heavy (non-hydrogen) atoms. The van der Waals surface area contributed by atoms with Gasteiger partial charge in [0.2, 0.25) is 5.91 Å². The molecule has 0 aliphatic carbocycles. The van der Waals surface area contributed by atoms with E-state index >= 15 is 0 Å². The Morgan fingerprint density at radius 2 is 2.06 bits per heavy atom. The van der Waals surface area contributed by atoms with Crippen LogP contribution in [0.15, 0.2) is 6.20 Å². The van der Waals surface area contributed by atoms with E-state index in [2.05, 4.69) is 27.0 Å². The Balaban J connectivity index is 1.75. The fourth-order valence-electron chi connectivity index (χ4n) is 2.04. The molecule has 1 aromatic heterocycles. The van der Waals surface area contributed by atoms with Gasteiger partial charge in [-0.1, -0.05) is 6.92 Å². The minimum atomic E-state index is 0.0364. The molecule has 1 fully saturated rings. The maximum absolute atomic E-state index is 11.8. The van der Waals surface area contributed by atoms with Crippen molar-refractivity contribution in [2.75, 3.05) is 44.6 Å². The van der Waals surface area contributed by atoms with Crippen LogP contribution < -0.4 is 5.32 Å². The molecule has 0 atom stereocenters. The molecule has 0 radical (unpaired) electrons. The molecule has 0 spiro atoms. The number of hydrogen-bond donors (Lipinski definition) is 1. The standard InChI is InChI=1S/C12H20N4OS/c1-3-15-4-6-16(7-5-15)9-11(17)14-12-13-8-10(2)18-12/h8H,3-7,9H2,1-2H3,(H,13,14,17). The van der Waals surface area contributed by atoms with Gasteiger partial charge in [-0.3, -0.25) is 9.69 Å². The summed E-state index contributed by atoms with van der Waals surface area (Å²) < 4.78 is 0. The smallest absolute Gasteiger partial charge is 0.240 e. The van der Waals surface area contributed by atoms with Crippen molar-refractivity contribution in [1.29, 1.82) is 0 Å². The molecule has 0 saturated carbocycles. The molecule has 1 amide bonds. The Morgan fingerprint density at radius 3 is 2.61 bits per heavy atom. The second kappa shape index (κ2) is 6.26. The number of amides is 1. The van der Waals surface area contributed by atoms with Gasteiger partial charge in [0.1, 0.15) is 0 Å². The van der Waals surface area contributed by atoms with E-state index in [4.69, 9.17) is 0 Å². The summed E-state index contributed by atoms with van der Waals surface area (Å²) >= 11 is 1.51. The Labute approximate surface area is 112 Å². The Bertz CT molecular complexity index is 399. The fraction of sp³-hybridized carbons (Fsp3) is 0.667. The van der Waals surface area contributed by atoms with Gasteiger partial charge in [-0.2, -0.15) is 0 Å². The molecular formula is C12H20N4OS. The zero-order chi connectivity index (χ0) is 13.0. The first-order chi connectivity index (χ1) is 8.67. The van der Waals surface area contributed by atoms with Crippen molar-refractivity contribution in [1.82, 2.24) is 14.8 Å². The first-order valence-corrected chi connectivity index (χ1v) is 7.16. The van der Waals surface area contributed by atoms with Gasteiger partial charge < -0.3 is 10.2 Å². The van der Waals surface area contributed by atoms with E-state index in [-0.39, 0.29) is 5.91 Å². The third-order valence-electron chi connectivity index (χ3n) is 3.15. The number of rotatable bonds is 4. The average Bonchev–Trinajstić information content (AvgIpc) is 2.75. The minimum absolute atomic E-state index is 0.0364. The van der Waals surface area contributed by atoms with Gasteiger partial charge in [0.05, 0.1) is 6.54 Å². The van der Waals surface area contributed by atoms with Crippen LogP contribution in [0.2, 0.25) is 0 Å². The SMILES string of the molecule is CCN1CCN(CC(=O)Nc2ncc(C)s2)CC1. The van der Waals surface area contributed by atoms with Crippen molar-refractivity contribution in [2.24, 2.45) is 0 Å². The molecule has 1 saturated heterocycles. The Hall–Kier alpha value is -0.980. The number of piperazine rings is 1. The van der Waals surface area contributed by atoms with Crippen molar-refractivity contribution >= 4 is 22.4 Å². The van der Waals surface area contributed by atoms with E-state index in [1.807, 2.05) is 6.92 Å². The molecular weight excluding hydrogens is 248 g/mol. The van der Waals surface area contributed by atoms with Crippen LogP contribution in [0.5, 0.6) is 0 Å². The summed E-state index contributed by atoms with van der Waals surface area (Å²) in [7, 11) is 0. The lowest BCUT2D eigenvalue weighted by molar-refractivity contribution is -0.117. The van der Waals surface area contributed by atoms with Gasteiger partial charge in [-0.15, -0.1) is 11.3 Å². The van der Waals surface area contributed by atoms with Crippen LogP contribution in [0.3, 0.4) is 0 Å². The summed E-state index contributed by atoms with van der Waals surface area (Å²) in [5.74, 6) is 0.0364. The summed E-state index contributed by atoms with van der Waals surface area (Å²) in [6.07, 6.45) is 1.78. The summed E-state index contributed by atoms with van der Waals surface area (Å²) in [5.41, 5.74) is 0. The van der Waals surface area contributed by atoms with Crippen LogP contribution in [-0.4, -0.2) is 60.0 Å². The van der Waals surface area contributed by atoms with E-state index in [1.165, 1.54) is 11.3 Å². The zero-order valence-corrected chi connectivity index (χ0v) is 11.8. The van der Waals surface area contributed by atoms with Crippen LogP contribution in [-0.2, 0) is 4.79 Å². The van der Waals surface area contributed by atoms with Gasteiger partial charge >= 0.3 is 0 Å². The fourth-order valence-corrected chi connectivity index (χ4v) is 2.72. The molecule has 2 heterocycles. The van der Waals surface area contributed by atoms with Gasteiger partial charge in [0.25, 0.3) is 0 Å². The summed E-state index contributed by atoms with van der Waals surface area (Å²) in [5, 5.41) is 3.55. The number of nitrogens with zero attached hydrogens (tertiary/aromatic N) is 3. The minimum Gasteiger partial charge on any atom is -0.301 e. The second-order valence-electron chi connectivity index (χ2n) is 4.53. The third-order valence-corrected chi connectivity index (χ3v) is 3.98. The molecule has 1 aromatic rings. The maximum atomic E-state index is 11.8. The highest BCUT2D eigenvalue weighted by Crippen LogP contribution is 2.16. The van der Waals surface area contributed by atoms with E-state index in [1.54, 1.807) is 6.20 Å². The lowest BCUT2D eigenvalue weighted by Crippen LogP contribution is -2.48. The van der Waals surface area contributed by atoms with Crippen LogP contribution in [0, 0.1) is 6.92 Å².